The van der Waals surface area contributed by atoms with Crippen LogP contribution in [0.5, 0.6) is 0 Å². The highest BCUT2D eigenvalue weighted by Gasteiger charge is 2.04. The Morgan fingerprint density at radius 3 is 2.45 bits per heavy atom. The van der Waals surface area contributed by atoms with Crippen molar-refractivity contribution in [1.29, 1.82) is 0 Å². The van der Waals surface area contributed by atoms with Crippen molar-refractivity contribution in [2.24, 2.45) is 0 Å². The zero-order valence-corrected chi connectivity index (χ0v) is 12.7. The lowest BCUT2D eigenvalue weighted by atomic mass is 10.3. The highest BCUT2D eigenvalue weighted by Crippen LogP contribution is 2.15. The lowest BCUT2D eigenvalue weighted by Gasteiger charge is -2.01. The van der Waals surface area contributed by atoms with Gasteiger partial charge in [-0.3, -0.25) is 9.59 Å². The summed E-state index contributed by atoms with van der Waals surface area (Å²) in [6.45, 7) is 8.93. The second-order valence-electron chi connectivity index (χ2n) is 3.62. The predicted octanol–water partition coefficient (Wildman–Crippen LogP) is 2.87. The van der Waals surface area contributed by atoms with E-state index in [0.717, 1.165) is 6.42 Å². The van der Waals surface area contributed by atoms with Crippen LogP contribution >= 0.6 is 11.8 Å². The third-order valence-electron chi connectivity index (χ3n) is 2.10. The number of allylic oxidation sites excluding steroid dienone is 2. The lowest BCUT2D eigenvalue weighted by Crippen LogP contribution is -2.17. The number of ketones is 1. The summed E-state index contributed by atoms with van der Waals surface area (Å²) in [5.41, 5.74) is 0.502. The fourth-order valence-electron chi connectivity index (χ4n) is 0.948. The van der Waals surface area contributed by atoms with E-state index in [1.165, 1.54) is 24.0 Å². The molecule has 20 heavy (non-hydrogen) atoms. The molecule has 0 aliphatic carbocycles. The first-order chi connectivity index (χ1) is 9.58. The summed E-state index contributed by atoms with van der Waals surface area (Å²) in [5, 5.41) is 3.22. The predicted molar refractivity (Wildman–Crippen MR) is 84.0 cm³/mol. The molecule has 0 fully saturated rings. The van der Waals surface area contributed by atoms with Crippen LogP contribution in [-0.2, 0) is 4.79 Å². The molecule has 1 aromatic rings. The maximum absolute atomic E-state index is 11.2. The Morgan fingerprint density at radius 2 is 2.05 bits per heavy atom. The number of aromatic nitrogens is 1. The number of rotatable bonds is 6. The summed E-state index contributed by atoms with van der Waals surface area (Å²) < 4.78 is 0. The molecular weight excluding hydrogens is 272 g/mol. The van der Waals surface area contributed by atoms with Crippen LogP contribution in [0.4, 0.5) is 0 Å². The number of pyridine rings is 1. The van der Waals surface area contributed by atoms with Gasteiger partial charge in [-0.05, 0) is 24.6 Å². The monoisotopic (exact) mass is 292 g/mol. The Hall–Kier alpha value is -1.88. The molecule has 0 aliphatic heterocycles. The summed E-state index contributed by atoms with van der Waals surface area (Å²) in [6.07, 6.45) is 5.73. The summed E-state index contributed by atoms with van der Waals surface area (Å²) in [7, 11) is 1.56. The van der Waals surface area contributed by atoms with Crippen LogP contribution in [0.15, 0.2) is 48.7 Å². The van der Waals surface area contributed by atoms with Gasteiger partial charge in [0.1, 0.15) is 0 Å². The van der Waals surface area contributed by atoms with Crippen LogP contribution in [0.1, 0.15) is 23.7 Å². The first-order valence-corrected chi connectivity index (χ1v) is 7.14. The van der Waals surface area contributed by atoms with E-state index in [-0.39, 0.29) is 11.7 Å². The van der Waals surface area contributed by atoms with Crippen molar-refractivity contribution < 1.29 is 9.59 Å². The topological polar surface area (TPSA) is 59.1 Å². The molecule has 0 aromatic carbocycles. The maximum Gasteiger partial charge on any atom is 0.252 e. The maximum atomic E-state index is 11.2. The van der Waals surface area contributed by atoms with Crippen LogP contribution in [0, 0.1) is 0 Å². The number of thioether (sulfide) groups is 1. The number of carbonyl (C=O) groups is 2. The minimum atomic E-state index is -0.175. The van der Waals surface area contributed by atoms with Crippen LogP contribution in [0.2, 0.25) is 0 Å². The first kappa shape index (κ1) is 18.1. The van der Waals surface area contributed by atoms with Crippen molar-refractivity contribution in [2.45, 2.75) is 18.4 Å². The van der Waals surface area contributed by atoms with Crippen LogP contribution in [0.3, 0.4) is 0 Å². The molecule has 0 saturated heterocycles. The molecule has 0 radical (unpaired) electrons. The van der Waals surface area contributed by atoms with E-state index >= 15 is 0 Å². The highest BCUT2D eigenvalue weighted by molar-refractivity contribution is 7.99. The van der Waals surface area contributed by atoms with E-state index in [9.17, 15) is 9.59 Å². The normalized spacial score (nSPS) is 8.90. The number of hydrogen-bond donors (Lipinski definition) is 1. The van der Waals surface area contributed by atoms with Gasteiger partial charge < -0.3 is 5.32 Å². The van der Waals surface area contributed by atoms with Crippen LogP contribution < -0.4 is 5.32 Å². The zero-order valence-electron chi connectivity index (χ0n) is 11.9. The molecule has 0 aliphatic rings. The van der Waals surface area contributed by atoms with Gasteiger partial charge >= 0.3 is 0 Å². The standard InChI is InChI=1S/C11H12N2O2S.C4H8/c1-3-9(14)7-16-10-5-4-8(6-13-10)11(15)12-2;1-3-4-2/h3-6H,1,7H2,2H3,(H,12,15);3H,1,4H2,2H3. The van der Waals surface area contributed by atoms with Gasteiger partial charge in [0, 0.05) is 13.2 Å². The Balaban J connectivity index is 0.000000796. The molecule has 0 atom stereocenters. The quantitative estimate of drug-likeness (QED) is 0.497. The van der Waals surface area contributed by atoms with E-state index in [4.69, 9.17) is 0 Å². The van der Waals surface area contributed by atoms with Gasteiger partial charge in [0.2, 0.25) is 0 Å². The molecule has 0 saturated carbocycles. The van der Waals surface area contributed by atoms with E-state index < -0.39 is 0 Å². The Labute approximate surface area is 124 Å². The average molecular weight is 292 g/mol. The summed E-state index contributed by atoms with van der Waals surface area (Å²) in [5.74, 6) is 0.101. The van der Waals surface area contributed by atoms with Gasteiger partial charge in [0.25, 0.3) is 5.91 Å². The van der Waals surface area contributed by atoms with Crippen LogP contribution in [-0.4, -0.2) is 29.5 Å². The molecule has 4 nitrogen and oxygen atoms in total. The van der Waals surface area contributed by atoms with Crippen molar-refractivity contribution in [2.75, 3.05) is 12.8 Å². The van der Waals surface area contributed by atoms with E-state index in [1.807, 2.05) is 6.08 Å². The minimum Gasteiger partial charge on any atom is -0.355 e. The molecule has 0 bridgehead atoms. The second-order valence-corrected chi connectivity index (χ2v) is 4.62. The van der Waals surface area contributed by atoms with Gasteiger partial charge in [-0.2, -0.15) is 0 Å². The summed E-state index contributed by atoms with van der Waals surface area (Å²) >= 11 is 1.32. The SMILES string of the molecule is C=CC(=O)CSc1ccc(C(=O)NC)cn1.C=CCC. The highest BCUT2D eigenvalue weighted by atomic mass is 32.2. The van der Waals surface area contributed by atoms with Crippen molar-refractivity contribution in [3.05, 3.63) is 49.2 Å². The molecule has 0 spiro atoms. The average Bonchev–Trinajstić information content (AvgIpc) is 2.52. The molecule has 0 unspecified atom stereocenters. The number of amides is 1. The van der Waals surface area contributed by atoms with Gasteiger partial charge in [-0.15, -0.1) is 6.58 Å². The minimum absolute atomic E-state index is 0.0397. The van der Waals surface area contributed by atoms with Crippen molar-refractivity contribution in [3.63, 3.8) is 0 Å². The van der Waals surface area contributed by atoms with E-state index in [1.54, 1.807) is 19.2 Å². The fraction of sp³-hybridized carbons (Fsp3) is 0.267. The van der Waals surface area contributed by atoms with Crippen molar-refractivity contribution >= 4 is 23.5 Å². The molecular formula is C15H20N2O2S. The third kappa shape index (κ3) is 7.53. The van der Waals surface area contributed by atoms with E-state index in [2.05, 4.69) is 30.4 Å². The van der Waals surface area contributed by atoms with Gasteiger partial charge in [-0.1, -0.05) is 31.3 Å². The largest absolute Gasteiger partial charge is 0.355 e. The number of nitrogens with zero attached hydrogens (tertiary/aromatic N) is 1. The number of hydrogen-bond acceptors (Lipinski definition) is 4. The zero-order chi connectivity index (χ0) is 15.4. The summed E-state index contributed by atoms with van der Waals surface area (Å²) in [6, 6.07) is 3.39. The molecule has 1 aromatic heterocycles. The second kappa shape index (κ2) is 11.0. The van der Waals surface area contributed by atoms with Gasteiger partial charge in [0.15, 0.2) is 5.78 Å². The van der Waals surface area contributed by atoms with E-state index in [0.29, 0.717) is 16.3 Å². The Kier molecular flexibility index (Phi) is 9.96. The third-order valence-corrected chi connectivity index (χ3v) is 3.07. The van der Waals surface area contributed by atoms with Crippen molar-refractivity contribution in [1.82, 2.24) is 10.3 Å². The van der Waals surface area contributed by atoms with Crippen molar-refractivity contribution in [3.8, 4) is 0 Å². The Bertz CT molecular complexity index is 455. The van der Waals surface area contributed by atoms with Crippen LogP contribution in [0.25, 0.3) is 0 Å². The number of carbonyl (C=O) groups excluding carboxylic acids is 2. The molecule has 108 valence electrons. The smallest absolute Gasteiger partial charge is 0.252 e. The Morgan fingerprint density at radius 1 is 1.40 bits per heavy atom. The van der Waals surface area contributed by atoms with Gasteiger partial charge in [0.05, 0.1) is 16.3 Å². The summed E-state index contributed by atoms with van der Waals surface area (Å²) in [4.78, 5) is 26.3. The molecule has 1 rings (SSSR count). The first-order valence-electron chi connectivity index (χ1n) is 6.16. The van der Waals surface area contributed by atoms with Gasteiger partial charge in [-0.25, -0.2) is 4.98 Å². The lowest BCUT2D eigenvalue weighted by molar-refractivity contribution is -0.112. The molecule has 1 N–H and O–H groups in total. The molecule has 1 amide bonds. The molecule has 5 heteroatoms. The molecule has 1 heterocycles. The fourth-order valence-corrected chi connectivity index (χ4v) is 1.65. The number of nitrogens with one attached hydrogen (secondary N) is 1.